The molecule has 0 rings (SSSR count). The van der Waals surface area contributed by atoms with Gasteiger partial charge in [0.05, 0.1) is 0 Å². The lowest BCUT2D eigenvalue weighted by molar-refractivity contribution is -0.310. The minimum atomic E-state index is -2.96. The van der Waals surface area contributed by atoms with E-state index in [1.807, 2.05) is 0 Å². The number of aliphatic hydroxyl groups is 3. The third-order valence-electron chi connectivity index (χ3n) is 0.370. The summed E-state index contributed by atoms with van der Waals surface area (Å²) in [6.07, 6.45) is 0. The van der Waals surface area contributed by atoms with E-state index in [1.54, 1.807) is 0 Å². The Morgan fingerprint density at radius 1 is 1.43 bits per heavy atom. The first-order valence-corrected chi connectivity index (χ1v) is 1.95. The van der Waals surface area contributed by atoms with Gasteiger partial charge in [0.1, 0.15) is 0 Å². The summed E-state index contributed by atoms with van der Waals surface area (Å²) in [6.45, 7) is 0. The first-order chi connectivity index (χ1) is 2.94. The molecule has 0 heterocycles. The summed E-state index contributed by atoms with van der Waals surface area (Å²) in [5.74, 6) is -2.96. The summed E-state index contributed by atoms with van der Waals surface area (Å²) < 4.78 is 0. The molecule has 0 saturated carbocycles. The minimum Gasteiger partial charge on any atom is -0.341 e. The molecule has 5 heteroatoms. The van der Waals surface area contributed by atoms with Gasteiger partial charge in [0, 0.05) is 0 Å². The van der Waals surface area contributed by atoms with Crippen LogP contribution < -0.4 is 5.73 Å². The maximum atomic E-state index is 7.95. The molecule has 0 saturated heterocycles. The molecule has 4 nitrogen and oxygen atoms in total. The zero-order valence-electron chi connectivity index (χ0n) is 3.37. The summed E-state index contributed by atoms with van der Waals surface area (Å²) in [7, 11) is 0. The molecular formula is C2H6ClNO3. The lowest BCUT2D eigenvalue weighted by Crippen LogP contribution is -2.43. The monoisotopic (exact) mass is 127 g/mol. The van der Waals surface area contributed by atoms with Crippen molar-refractivity contribution in [1.82, 2.24) is 0 Å². The second-order valence-electron chi connectivity index (χ2n) is 1.09. The molecule has 44 valence electrons. The second kappa shape index (κ2) is 1.94. The van der Waals surface area contributed by atoms with Crippen LogP contribution in [0.1, 0.15) is 0 Å². The van der Waals surface area contributed by atoms with Gasteiger partial charge in [-0.15, -0.1) is 0 Å². The zero-order valence-corrected chi connectivity index (χ0v) is 4.13. The Morgan fingerprint density at radius 3 is 1.57 bits per heavy atom. The van der Waals surface area contributed by atoms with E-state index in [-0.39, 0.29) is 0 Å². The van der Waals surface area contributed by atoms with E-state index in [4.69, 9.17) is 26.9 Å². The molecule has 1 unspecified atom stereocenters. The fraction of sp³-hybridized carbons (Fsp3) is 1.00. The Balaban J connectivity index is 3.54. The van der Waals surface area contributed by atoms with Gasteiger partial charge in [-0.2, -0.15) is 0 Å². The first-order valence-electron chi connectivity index (χ1n) is 1.51. The van der Waals surface area contributed by atoms with Crippen LogP contribution in [-0.4, -0.2) is 26.8 Å². The molecule has 5 N–H and O–H groups in total. The lowest BCUT2D eigenvalue weighted by atomic mass is 10.6. The van der Waals surface area contributed by atoms with Crippen LogP contribution in [0.2, 0.25) is 0 Å². The summed E-state index contributed by atoms with van der Waals surface area (Å²) in [5, 5.41) is 23.8. The fourth-order valence-corrected chi connectivity index (χ4v) is 0. The Labute approximate surface area is 45.1 Å². The normalized spacial score (nSPS) is 16.7. The van der Waals surface area contributed by atoms with E-state index in [9.17, 15) is 0 Å². The van der Waals surface area contributed by atoms with E-state index in [2.05, 4.69) is 5.73 Å². The zero-order chi connectivity index (χ0) is 6.08. The molecule has 1 atom stereocenters. The molecule has 7 heavy (non-hydrogen) atoms. The first kappa shape index (κ1) is 7.13. The van der Waals surface area contributed by atoms with Gasteiger partial charge >= 0.3 is 5.97 Å². The average molecular weight is 128 g/mol. The molecular weight excluding hydrogens is 121 g/mol. The maximum absolute atomic E-state index is 7.95. The molecule has 0 bridgehead atoms. The van der Waals surface area contributed by atoms with Crippen LogP contribution in [0.4, 0.5) is 0 Å². The second-order valence-corrected chi connectivity index (χ2v) is 1.56. The molecule has 0 aliphatic rings. The van der Waals surface area contributed by atoms with Crippen LogP contribution in [0.15, 0.2) is 0 Å². The molecule has 0 amide bonds. The van der Waals surface area contributed by atoms with Crippen LogP contribution in [0, 0.1) is 0 Å². The minimum absolute atomic E-state index is 1.56. The molecule has 0 aromatic rings. The van der Waals surface area contributed by atoms with E-state index in [0.29, 0.717) is 0 Å². The van der Waals surface area contributed by atoms with Crippen LogP contribution in [0.3, 0.4) is 0 Å². The number of hydrogen-bond acceptors (Lipinski definition) is 4. The van der Waals surface area contributed by atoms with E-state index in [0.717, 1.165) is 0 Å². The third kappa shape index (κ3) is 2.78. The molecule has 0 aliphatic heterocycles. The van der Waals surface area contributed by atoms with Gasteiger partial charge in [-0.05, 0) is 0 Å². The highest BCUT2D eigenvalue weighted by Crippen LogP contribution is 2.00. The van der Waals surface area contributed by atoms with E-state index < -0.39 is 11.5 Å². The van der Waals surface area contributed by atoms with Gasteiger partial charge in [0.25, 0.3) is 0 Å². The standard InChI is InChI=1S/C2H6ClNO3/c3-1(4)2(5,6)7/h1,5-7H,4H2. The van der Waals surface area contributed by atoms with E-state index in [1.165, 1.54) is 0 Å². The van der Waals surface area contributed by atoms with Crippen molar-refractivity contribution in [2.24, 2.45) is 5.73 Å². The van der Waals surface area contributed by atoms with Crippen LogP contribution in [0.25, 0.3) is 0 Å². The van der Waals surface area contributed by atoms with Crippen molar-refractivity contribution in [3.8, 4) is 0 Å². The van der Waals surface area contributed by atoms with Crippen LogP contribution in [-0.2, 0) is 0 Å². The summed E-state index contributed by atoms with van der Waals surface area (Å²) in [4.78, 5) is 0. The number of alkyl halides is 1. The fourth-order valence-electron chi connectivity index (χ4n) is 0. The smallest absolute Gasteiger partial charge is 0.306 e. The Bertz CT molecular complexity index is 58.4. The Morgan fingerprint density at radius 2 is 1.57 bits per heavy atom. The van der Waals surface area contributed by atoms with Crippen molar-refractivity contribution in [3.05, 3.63) is 0 Å². The highest BCUT2D eigenvalue weighted by Gasteiger charge is 2.25. The molecule has 0 spiro atoms. The number of nitrogens with two attached hydrogens (primary N) is 1. The van der Waals surface area contributed by atoms with Gasteiger partial charge < -0.3 is 21.1 Å². The topological polar surface area (TPSA) is 86.7 Å². The quantitative estimate of drug-likeness (QED) is 0.189. The third-order valence-corrected chi connectivity index (χ3v) is 0.663. The van der Waals surface area contributed by atoms with Gasteiger partial charge in [-0.1, -0.05) is 11.6 Å². The number of rotatable bonds is 1. The Hall–Kier alpha value is 0.130. The molecule has 0 aromatic heterocycles. The van der Waals surface area contributed by atoms with Crippen molar-refractivity contribution in [3.63, 3.8) is 0 Å². The number of halogens is 1. The van der Waals surface area contributed by atoms with Crippen LogP contribution >= 0.6 is 11.6 Å². The highest BCUT2D eigenvalue weighted by molar-refractivity contribution is 6.20. The van der Waals surface area contributed by atoms with Gasteiger partial charge in [-0.3, -0.25) is 0 Å². The summed E-state index contributed by atoms with van der Waals surface area (Å²) in [6, 6.07) is 0. The molecule has 0 aromatic carbocycles. The van der Waals surface area contributed by atoms with Crippen molar-refractivity contribution < 1.29 is 15.3 Å². The van der Waals surface area contributed by atoms with Gasteiger partial charge in [0.15, 0.2) is 5.50 Å². The number of hydrogen-bond donors (Lipinski definition) is 4. The predicted octanol–water partition coefficient (Wildman–Crippen LogP) is -1.86. The SMILES string of the molecule is NC(Cl)C(O)(O)O. The van der Waals surface area contributed by atoms with Crippen molar-refractivity contribution in [2.75, 3.05) is 0 Å². The Kier molecular flexibility index (Phi) is 1.97. The summed E-state index contributed by atoms with van der Waals surface area (Å²) in [5.41, 5.74) is 3.02. The summed E-state index contributed by atoms with van der Waals surface area (Å²) >= 11 is 4.78. The maximum Gasteiger partial charge on any atom is 0.306 e. The molecule has 0 fully saturated rings. The van der Waals surface area contributed by atoms with Crippen molar-refractivity contribution >= 4 is 11.6 Å². The predicted molar refractivity (Wildman–Crippen MR) is 23.2 cm³/mol. The largest absolute Gasteiger partial charge is 0.341 e. The average Bonchev–Trinajstić information content (AvgIpc) is 1.31. The van der Waals surface area contributed by atoms with Gasteiger partial charge in [-0.25, -0.2) is 0 Å². The van der Waals surface area contributed by atoms with Crippen molar-refractivity contribution in [2.45, 2.75) is 11.5 Å². The lowest BCUT2D eigenvalue weighted by Gasteiger charge is -2.14. The van der Waals surface area contributed by atoms with Crippen LogP contribution in [0.5, 0.6) is 0 Å². The molecule has 0 aliphatic carbocycles. The highest BCUT2D eigenvalue weighted by atomic mass is 35.5. The van der Waals surface area contributed by atoms with E-state index >= 15 is 0 Å². The van der Waals surface area contributed by atoms with Crippen molar-refractivity contribution in [1.29, 1.82) is 0 Å². The van der Waals surface area contributed by atoms with Gasteiger partial charge in [0.2, 0.25) is 0 Å². The molecule has 0 radical (unpaired) electrons.